The molecule has 120 valence electrons. The first-order valence-corrected chi connectivity index (χ1v) is 7.86. The van der Waals surface area contributed by atoms with E-state index in [1.54, 1.807) is 24.0 Å². The summed E-state index contributed by atoms with van der Waals surface area (Å²) >= 11 is 6.14. The zero-order chi connectivity index (χ0) is 16.8. The SMILES string of the molecule is Cc1c(Cl)ccc2c1C(=O)N(Cc1ccc3c(c1)OCO3)C2C#N. The molecule has 0 saturated heterocycles. The molecule has 0 aromatic heterocycles. The van der Waals surface area contributed by atoms with Gasteiger partial charge in [0.2, 0.25) is 6.79 Å². The van der Waals surface area contributed by atoms with E-state index in [2.05, 4.69) is 6.07 Å². The molecule has 2 heterocycles. The van der Waals surface area contributed by atoms with Crippen LogP contribution in [0.5, 0.6) is 11.5 Å². The molecule has 0 aliphatic carbocycles. The second-order valence-corrected chi connectivity index (χ2v) is 6.20. The lowest BCUT2D eigenvalue weighted by Crippen LogP contribution is -2.27. The van der Waals surface area contributed by atoms with E-state index in [1.807, 2.05) is 18.2 Å². The molecule has 0 fully saturated rings. The van der Waals surface area contributed by atoms with Gasteiger partial charge in [-0.3, -0.25) is 4.79 Å². The second kappa shape index (κ2) is 5.43. The number of carbonyl (C=O) groups is 1. The van der Waals surface area contributed by atoms with Crippen LogP contribution in [0, 0.1) is 18.3 Å². The third-order valence-corrected chi connectivity index (χ3v) is 4.83. The number of hydrogen-bond acceptors (Lipinski definition) is 4. The molecule has 2 aromatic carbocycles. The highest BCUT2D eigenvalue weighted by atomic mass is 35.5. The number of carbonyl (C=O) groups excluding carboxylic acids is 1. The highest BCUT2D eigenvalue weighted by molar-refractivity contribution is 6.32. The molecule has 6 heteroatoms. The number of rotatable bonds is 2. The van der Waals surface area contributed by atoms with E-state index >= 15 is 0 Å². The maximum absolute atomic E-state index is 12.8. The maximum Gasteiger partial charge on any atom is 0.256 e. The van der Waals surface area contributed by atoms with E-state index in [0.29, 0.717) is 39.8 Å². The van der Waals surface area contributed by atoms with Crippen molar-refractivity contribution in [1.29, 1.82) is 5.26 Å². The number of nitriles is 1. The first-order chi connectivity index (χ1) is 11.6. The van der Waals surface area contributed by atoms with Crippen LogP contribution in [-0.4, -0.2) is 17.6 Å². The van der Waals surface area contributed by atoms with E-state index in [4.69, 9.17) is 21.1 Å². The molecule has 2 aliphatic heterocycles. The summed E-state index contributed by atoms with van der Waals surface area (Å²) in [5.74, 6) is 1.17. The topological polar surface area (TPSA) is 62.6 Å². The molecule has 1 atom stereocenters. The highest BCUT2D eigenvalue weighted by Gasteiger charge is 2.38. The van der Waals surface area contributed by atoms with Gasteiger partial charge >= 0.3 is 0 Å². The van der Waals surface area contributed by atoms with Crippen molar-refractivity contribution in [3.8, 4) is 17.6 Å². The van der Waals surface area contributed by atoms with Crippen LogP contribution in [0.15, 0.2) is 30.3 Å². The summed E-state index contributed by atoms with van der Waals surface area (Å²) in [5.41, 5.74) is 2.84. The lowest BCUT2D eigenvalue weighted by atomic mass is 10.0. The van der Waals surface area contributed by atoms with Gasteiger partial charge in [-0.2, -0.15) is 5.26 Å². The average molecular weight is 341 g/mol. The molecular weight excluding hydrogens is 328 g/mol. The van der Waals surface area contributed by atoms with Gasteiger partial charge in [-0.15, -0.1) is 0 Å². The zero-order valence-corrected chi connectivity index (χ0v) is 13.6. The van der Waals surface area contributed by atoms with Crippen LogP contribution in [0.2, 0.25) is 5.02 Å². The van der Waals surface area contributed by atoms with Gasteiger partial charge in [0.1, 0.15) is 6.04 Å². The van der Waals surface area contributed by atoms with Crippen LogP contribution in [-0.2, 0) is 6.54 Å². The van der Waals surface area contributed by atoms with Crippen molar-refractivity contribution in [3.63, 3.8) is 0 Å². The minimum absolute atomic E-state index is 0.172. The summed E-state index contributed by atoms with van der Waals surface area (Å²) in [5, 5.41) is 10.1. The molecule has 1 unspecified atom stereocenters. The molecule has 0 spiro atoms. The van der Waals surface area contributed by atoms with Crippen molar-refractivity contribution >= 4 is 17.5 Å². The molecule has 24 heavy (non-hydrogen) atoms. The van der Waals surface area contributed by atoms with Crippen molar-refractivity contribution in [2.24, 2.45) is 0 Å². The molecule has 0 saturated carbocycles. The number of amides is 1. The third kappa shape index (κ3) is 2.11. The van der Waals surface area contributed by atoms with Crippen LogP contribution < -0.4 is 9.47 Å². The average Bonchev–Trinajstić information content (AvgIpc) is 3.14. The summed E-state index contributed by atoms with van der Waals surface area (Å²) < 4.78 is 10.7. The first kappa shape index (κ1) is 14.9. The molecule has 2 aromatic rings. The van der Waals surface area contributed by atoms with Gasteiger partial charge in [0.25, 0.3) is 5.91 Å². The molecule has 4 rings (SSSR count). The fraction of sp³-hybridized carbons (Fsp3) is 0.222. The number of nitrogens with zero attached hydrogens (tertiary/aromatic N) is 2. The van der Waals surface area contributed by atoms with Crippen LogP contribution in [0.25, 0.3) is 0 Å². The van der Waals surface area contributed by atoms with Crippen LogP contribution in [0.4, 0.5) is 0 Å². The van der Waals surface area contributed by atoms with Crippen molar-refractivity contribution in [3.05, 3.63) is 57.6 Å². The molecule has 1 amide bonds. The van der Waals surface area contributed by atoms with Gasteiger partial charge in [-0.05, 0) is 36.2 Å². The largest absolute Gasteiger partial charge is 0.454 e. The van der Waals surface area contributed by atoms with Gasteiger partial charge in [-0.1, -0.05) is 23.7 Å². The Labute approximate surface area is 144 Å². The van der Waals surface area contributed by atoms with E-state index in [1.165, 1.54) is 0 Å². The van der Waals surface area contributed by atoms with E-state index in [0.717, 1.165) is 5.56 Å². The second-order valence-electron chi connectivity index (χ2n) is 5.79. The van der Waals surface area contributed by atoms with E-state index in [9.17, 15) is 10.1 Å². The summed E-state index contributed by atoms with van der Waals surface area (Å²) in [7, 11) is 0. The Kier molecular flexibility index (Phi) is 3.36. The van der Waals surface area contributed by atoms with Crippen molar-refractivity contribution < 1.29 is 14.3 Å². The Morgan fingerprint density at radius 1 is 1.29 bits per heavy atom. The molecule has 2 aliphatic rings. The minimum Gasteiger partial charge on any atom is -0.454 e. The number of ether oxygens (including phenoxy) is 2. The standard InChI is InChI=1S/C18H13ClN2O3/c1-10-13(19)4-3-12-14(7-20)21(18(22)17(10)12)8-11-2-5-15-16(6-11)24-9-23-15/h2-6,14H,8-9H2,1H3. The van der Waals surface area contributed by atoms with Crippen LogP contribution in [0.1, 0.15) is 33.1 Å². The predicted octanol–water partition coefficient (Wildman–Crippen LogP) is 3.60. The van der Waals surface area contributed by atoms with E-state index < -0.39 is 6.04 Å². The number of fused-ring (bicyclic) bond motifs is 2. The third-order valence-electron chi connectivity index (χ3n) is 4.42. The first-order valence-electron chi connectivity index (χ1n) is 7.48. The Morgan fingerprint density at radius 3 is 2.88 bits per heavy atom. The normalized spacial score (nSPS) is 17.8. The van der Waals surface area contributed by atoms with Crippen LogP contribution >= 0.6 is 11.6 Å². The lowest BCUT2D eigenvalue weighted by Gasteiger charge is -2.20. The molecule has 5 nitrogen and oxygen atoms in total. The number of hydrogen-bond donors (Lipinski definition) is 0. The van der Waals surface area contributed by atoms with Crippen molar-refractivity contribution in [2.75, 3.05) is 6.79 Å². The lowest BCUT2D eigenvalue weighted by molar-refractivity contribution is 0.0744. The van der Waals surface area contributed by atoms with Gasteiger partial charge in [0.15, 0.2) is 11.5 Å². The Bertz CT molecular complexity index is 904. The van der Waals surface area contributed by atoms with Crippen molar-refractivity contribution in [1.82, 2.24) is 4.90 Å². The summed E-state index contributed by atoms with van der Waals surface area (Å²) in [6.45, 7) is 2.32. The maximum atomic E-state index is 12.8. The molecular formula is C18H13ClN2O3. The van der Waals surface area contributed by atoms with Gasteiger partial charge < -0.3 is 14.4 Å². The van der Waals surface area contributed by atoms with Gasteiger partial charge in [0.05, 0.1) is 11.6 Å². The Balaban J connectivity index is 1.70. The van der Waals surface area contributed by atoms with Gasteiger partial charge in [0, 0.05) is 17.1 Å². The fourth-order valence-corrected chi connectivity index (χ4v) is 3.34. The summed E-state index contributed by atoms with van der Waals surface area (Å²) in [4.78, 5) is 14.4. The highest BCUT2D eigenvalue weighted by Crippen LogP contribution is 2.39. The smallest absolute Gasteiger partial charge is 0.256 e. The quantitative estimate of drug-likeness (QED) is 0.838. The minimum atomic E-state index is -0.617. The van der Waals surface area contributed by atoms with E-state index in [-0.39, 0.29) is 12.7 Å². The predicted molar refractivity (Wildman–Crippen MR) is 87.0 cm³/mol. The van der Waals surface area contributed by atoms with Crippen molar-refractivity contribution in [2.45, 2.75) is 19.5 Å². The molecule has 0 N–H and O–H groups in total. The number of halogens is 1. The number of benzene rings is 2. The molecule has 0 radical (unpaired) electrons. The fourth-order valence-electron chi connectivity index (χ4n) is 3.19. The Hall–Kier alpha value is -2.71. The zero-order valence-electron chi connectivity index (χ0n) is 12.9. The monoisotopic (exact) mass is 340 g/mol. The Morgan fingerprint density at radius 2 is 2.08 bits per heavy atom. The van der Waals surface area contributed by atoms with Crippen LogP contribution in [0.3, 0.4) is 0 Å². The van der Waals surface area contributed by atoms with Gasteiger partial charge in [-0.25, -0.2) is 0 Å². The summed E-state index contributed by atoms with van der Waals surface area (Å²) in [6, 6.07) is 10.6. The molecule has 0 bridgehead atoms. The summed E-state index contributed by atoms with van der Waals surface area (Å²) in [6.07, 6.45) is 0.